The molecule has 11 rings (SSSR count). The van der Waals surface area contributed by atoms with Gasteiger partial charge in [-0.2, -0.15) is 0 Å². The average Bonchev–Trinajstić information content (AvgIpc) is 3.84. The second-order valence-electron chi connectivity index (χ2n) is 14.0. The average molecular weight is 720 g/mol. The first-order valence-electron chi connectivity index (χ1n) is 18.7. The molecular weight excluding hydrogens is 687 g/mol. The molecule has 0 aliphatic heterocycles. The lowest BCUT2D eigenvalue weighted by Gasteiger charge is -2.28. The van der Waals surface area contributed by atoms with Gasteiger partial charge < -0.3 is 9.32 Å². The lowest BCUT2D eigenvalue weighted by Crippen LogP contribution is -2.11. The molecule has 0 amide bonds. The van der Waals surface area contributed by atoms with Crippen LogP contribution in [0.15, 0.2) is 205 Å². The first-order valence-corrected chi connectivity index (χ1v) is 19.5. The number of thiophene rings is 1. The Hall–Kier alpha value is -6.94. The van der Waals surface area contributed by atoms with E-state index in [1.165, 1.54) is 53.2 Å². The van der Waals surface area contributed by atoms with Crippen LogP contribution in [0.1, 0.15) is 0 Å². The highest BCUT2D eigenvalue weighted by molar-refractivity contribution is 7.26. The standard InChI is InChI=1S/C52H33NOS/c1-3-13-35(14-4-1)39-28-30-46(42-18-8-7-17-41(39)42)53(38-26-23-34(24-27-38)37-25-32-49-45(33-37)43-19-9-11-21-48(43)54-49)47-31-29-40(36-15-5-2-6-16-36)51-44-20-10-12-22-50(44)55-52(47)51/h1-33H. The summed E-state index contributed by atoms with van der Waals surface area (Å²) in [5, 5.41) is 7.27. The SMILES string of the molecule is c1ccc(-c2ccc(N(c3ccc(-c4ccc5oc6ccccc6c5c4)cc3)c3ccc(-c4ccccc4)c4c3sc3ccccc34)c3ccccc23)cc1. The largest absolute Gasteiger partial charge is 0.456 e. The fraction of sp³-hybridized carbons (Fsp3) is 0. The van der Waals surface area contributed by atoms with Gasteiger partial charge in [0.25, 0.3) is 0 Å². The third-order valence-corrected chi connectivity index (χ3v) is 12.1. The monoisotopic (exact) mass is 719 g/mol. The Bertz CT molecular complexity index is 3190. The van der Waals surface area contributed by atoms with Gasteiger partial charge >= 0.3 is 0 Å². The van der Waals surface area contributed by atoms with Crippen molar-refractivity contribution in [1.82, 2.24) is 0 Å². The molecule has 0 fully saturated rings. The quantitative estimate of drug-likeness (QED) is 0.170. The zero-order valence-corrected chi connectivity index (χ0v) is 30.6. The zero-order chi connectivity index (χ0) is 36.3. The van der Waals surface area contributed by atoms with Crippen LogP contribution in [0.2, 0.25) is 0 Å². The summed E-state index contributed by atoms with van der Waals surface area (Å²) < 4.78 is 8.70. The molecule has 2 nitrogen and oxygen atoms in total. The van der Waals surface area contributed by atoms with Crippen LogP contribution in [-0.4, -0.2) is 0 Å². The Morgan fingerprint density at radius 2 is 0.945 bits per heavy atom. The summed E-state index contributed by atoms with van der Waals surface area (Å²) in [7, 11) is 0. The molecule has 55 heavy (non-hydrogen) atoms. The van der Waals surface area contributed by atoms with Crippen molar-refractivity contribution in [2.24, 2.45) is 0 Å². The predicted octanol–water partition coefficient (Wildman–Crippen LogP) is 15.6. The number of nitrogens with zero attached hydrogens (tertiary/aromatic N) is 1. The normalized spacial score (nSPS) is 11.6. The van der Waals surface area contributed by atoms with Crippen molar-refractivity contribution in [2.45, 2.75) is 0 Å². The first-order chi connectivity index (χ1) is 27.3. The topological polar surface area (TPSA) is 16.4 Å². The van der Waals surface area contributed by atoms with E-state index < -0.39 is 0 Å². The number of benzene rings is 9. The van der Waals surface area contributed by atoms with Gasteiger partial charge in [-0.1, -0.05) is 152 Å². The van der Waals surface area contributed by atoms with Crippen LogP contribution < -0.4 is 4.90 Å². The summed E-state index contributed by atoms with van der Waals surface area (Å²) >= 11 is 1.87. The Morgan fingerprint density at radius 3 is 1.73 bits per heavy atom. The van der Waals surface area contributed by atoms with Gasteiger partial charge in [-0.15, -0.1) is 11.3 Å². The zero-order valence-electron chi connectivity index (χ0n) is 29.8. The lowest BCUT2D eigenvalue weighted by atomic mass is 9.95. The van der Waals surface area contributed by atoms with Crippen molar-refractivity contribution < 1.29 is 4.42 Å². The molecular formula is C52H33NOS. The predicted molar refractivity (Wildman–Crippen MR) is 235 cm³/mol. The van der Waals surface area contributed by atoms with E-state index in [9.17, 15) is 0 Å². The highest BCUT2D eigenvalue weighted by Crippen LogP contribution is 2.50. The molecule has 2 aromatic heterocycles. The van der Waals surface area contributed by atoms with Gasteiger partial charge in [0.15, 0.2) is 0 Å². The number of fused-ring (bicyclic) bond motifs is 7. The second-order valence-corrected chi connectivity index (χ2v) is 15.1. The molecule has 11 aromatic rings. The summed E-state index contributed by atoms with van der Waals surface area (Å²) in [6.07, 6.45) is 0. The smallest absolute Gasteiger partial charge is 0.135 e. The van der Waals surface area contributed by atoms with Gasteiger partial charge in [-0.3, -0.25) is 0 Å². The van der Waals surface area contributed by atoms with Crippen LogP contribution in [0.4, 0.5) is 17.1 Å². The van der Waals surface area contributed by atoms with Crippen molar-refractivity contribution in [1.29, 1.82) is 0 Å². The highest BCUT2D eigenvalue weighted by Gasteiger charge is 2.23. The van der Waals surface area contributed by atoms with Crippen molar-refractivity contribution in [3.63, 3.8) is 0 Å². The molecule has 0 spiro atoms. The van der Waals surface area contributed by atoms with Gasteiger partial charge in [-0.25, -0.2) is 0 Å². The van der Waals surface area contributed by atoms with E-state index >= 15 is 0 Å². The first kappa shape index (κ1) is 31.6. The van der Waals surface area contributed by atoms with E-state index in [0.29, 0.717) is 0 Å². The summed E-state index contributed by atoms with van der Waals surface area (Å²) in [6.45, 7) is 0. The van der Waals surface area contributed by atoms with Gasteiger partial charge in [0, 0.05) is 37.3 Å². The van der Waals surface area contributed by atoms with Crippen LogP contribution >= 0.6 is 11.3 Å². The van der Waals surface area contributed by atoms with Crippen molar-refractivity contribution in [3.05, 3.63) is 200 Å². The summed E-state index contributed by atoms with van der Waals surface area (Å²) in [5.41, 5.74) is 12.4. The van der Waals surface area contributed by atoms with E-state index in [1.807, 2.05) is 23.5 Å². The maximum atomic E-state index is 6.15. The van der Waals surface area contributed by atoms with Crippen LogP contribution in [-0.2, 0) is 0 Å². The van der Waals surface area contributed by atoms with Gasteiger partial charge in [0.1, 0.15) is 11.2 Å². The van der Waals surface area contributed by atoms with Crippen LogP contribution in [0, 0.1) is 0 Å². The number of para-hydroxylation sites is 1. The van der Waals surface area contributed by atoms with Gasteiger partial charge in [0.2, 0.25) is 0 Å². The van der Waals surface area contributed by atoms with Crippen LogP contribution in [0.5, 0.6) is 0 Å². The fourth-order valence-electron chi connectivity index (χ4n) is 8.31. The lowest BCUT2D eigenvalue weighted by molar-refractivity contribution is 0.669. The van der Waals surface area contributed by atoms with Crippen molar-refractivity contribution in [3.8, 4) is 33.4 Å². The molecule has 0 aliphatic rings. The molecule has 2 heterocycles. The third kappa shape index (κ3) is 5.24. The molecule has 0 radical (unpaired) electrons. The summed E-state index contributed by atoms with van der Waals surface area (Å²) in [5.74, 6) is 0. The Balaban J connectivity index is 1.14. The summed E-state index contributed by atoms with van der Waals surface area (Å²) in [6, 6.07) is 72.2. The maximum Gasteiger partial charge on any atom is 0.135 e. The number of anilines is 3. The molecule has 0 bridgehead atoms. The minimum atomic E-state index is 0.907. The molecule has 0 aliphatic carbocycles. The molecule has 258 valence electrons. The number of rotatable bonds is 6. The third-order valence-electron chi connectivity index (χ3n) is 10.9. The Morgan fingerprint density at radius 1 is 0.364 bits per heavy atom. The van der Waals surface area contributed by atoms with Gasteiger partial charge in [0.05, 0.1) is 16.1 Å². The van der Waals surface area contributed by atoms with Crippen molar-refractivity contribution in [2.75, 3.05) is 4.90 Å². The Labute approximate surface area is 322 Å². The minimum absolute atomic E-state index is 0.907. The highest BCUT2D eigenvalue weighted by atomic mass is 32.1. The van der Waals surface area contributed by atoms with E-state index in [2.05, 4.69) is 193 Å². The number of hydrogen-bond donors (Lipinski definition) is 0. The van der Waals surface area contributed by atoms with Crippen LogP contribution in [0.25, 0.3) is 86.3 Å². The summed E-state index contributed by atoms with van der Waals surface area (Å²) in [4.78, 5) is 2.47. The second kappa shape index (κ2) is 12.9. The molecule has 0 unspecified atom stereocenters. The van der Waals surface area contributed by atoms with E-state index in [0.717, 1.165) is 50.1 Å². The molecule has 0 saturated heterocycles. The maximum absolute atomic E-state index is 6.15. The minimum Gasteiger partial charge on any atom is -0.456 e. The molecule has 0 atom stereocenters. The Kier molecular flexibility index (Phi) is 7.39. The fourth-order valence-corrected chi connectivity index (χ4v) is 9.55. The van der Waals surface area contributed by atoms with E-state index in [1.54, 1.807) is 0 Å². The van der Waals surface area contributed by atoms with Crippen LogP contribution in [0.3, 0.4) is 0 Å². The molecule has 9 aromatic carbocycles. The number of furan rings is 1. The van der Waals surface area contributed by atoms with E-state index in [4.69, 9.17) is 4.42 Å². The molecule has 0 saturated carbocycles. The molecule has 0 N–H and O–H groups in total. The molecule has 3 heteroatoms. The number of hydrogen-bond acceptors (Lipinski definition) is 3. The van der Waals surface area contributed by atoms with E-state index in [-0.39, 0.29) is 0 Å². The van der Waals surface area contributed by atoms with Gasteiger partial charge in [-0.05, 0) is 87.3 Å². The van der Waals surface area contributed by atoms with Crippen molar-refractivity contribution >= 4 is 81.3 Å².